The molecule has 0 spiro atoms. The number of pyridine rings is 1. The molecule has 0 unspecified atom stereocenters. The van der Waals surface area contributed by atoms with Crippen molar-refractivity contribution in [1.82, 2.24) is 9.29 Å². The number of aromatic nitrogens is 1. The van der Waals surface area contributed by atoms with Crippen LogP contribution in [-0.4, -0.2) is 30.8 Å². The van der Waals surface area contributed by atoms with Gasteiger partial charge >= 0.3 is 0 Å². The third kappa shape index (κ3) is 2.64. The van der Waals surface area contributed by atoms with Crippen molar-refractivity contribution in [3.05, 3.63) is 22.4 Å². The Kier molecular flexibility index (Phi) is 4.16. The molecule has 100 valence electrons. The van der Waals surface area contributed by atoms with Crippen LogP contribution in [0.2, 0.25) is 10.2 Å². The molecule has 0 aliphatic heterocycles. The van der Waals surface area contributed by atoms with E-state index in [4.69, 9.17) is 23.2 Å². The molecule has 0 amide bonds. The van der Waals surface area contributed by atoms with E-state index in [1.54, 1.807) is 7.05 Å². The maximum absolute atomic E-state index is 12.4. The lowest BCUT2D eigenvalue weighted by atomic mass is 10.3. The number of nitrogens with zero attached hydrogens (tertiary/aromatic N) is 2. The molecule has 1 aliphatic carbocycles. The second-order valence-electron chi connectivity index (χ2n) is 4.40. The van der Waals surface area contributed by atoms with Gasteiger partial charge in [0.05, 0.1) is 5.02 Å². The van der Waals surface area contributed by atoms with E-state index >= 15 is 0 Å². The Balaban J connectivity index is 2.32. The highest BCUT2D eigenvalue weighted by atomic mass is 35.5. The minimum atomic E-state index is -3.53. The molecule has 1 aromatic rings. The number of halogens is 2. The van der Waals surface area contributed by atoms with Gasteiger partial charge in [-0.15, -0.1) is 0 Å². The van der Waals surface area contributed by atoms with E-state index in [9.17, 15) is 8.42 Å². The fraction of sp³-hybridized carbons (Fsp3) is 0.545. The van der Waals surface area contributed by atoms with Gasteiger partial charge in [-0.05, 0) is 18.9 Å². The Hall–Kier alpha value is -0.360. The van der Waals surface area contributed by atoms with Gasteiger partial charge in [0.2, 0.25) is 10.0 Å². The van der Waals surface area contributed by atoms with E-state index in [0.717, 1.165) is 25.7 Å². The number of hydrogen-bond acceptors (Lipinski definition) is 3. The van der Waals surface area contributed by atoms with E-state index in [1.807, 2.05) is 0 Å². The van der Waals surface area contributed by atoms with Crippen LogP contribution < -0.4 is 0 Å². The summed E-state index contributed by atoms with van der Waals surface area (Å²) >= 11 is 11.5. The van der Waals surface area contributed by atoms with Gasteiger partial charge in [0.25, 0.3) is 0 Å². The van der Waals surface area contributed by atoms with Gasteiger partial charge in [-0.2, -0.15) is 4.31 Å². The van der Waals surface area contributed by atoms with Crippen LogP contribution in [0.5, 0.6) is 0 Å². The summed E-state index contributed by atoms with van der Waals surface area (Å²) < 4.78 is 26.2. The smallest absolute Gasteiger partial charge is 0.242 e. The highest BCUT2D eigenvalue weighted by Gasteiger charge is 2.30. The zero-order valence-electron chi connectivity index (χ0n) is 9.94. The summed E-state index contributed by atoms with van der Waals surface area (Å²) in [7, 11) is -1.93. The van der Waals surface area contributed by atoms with Crippen LogP contribution in [-0.2, 0) is 10.0 Å². The van der Waals surface area contributed by atoms with Crippen molar-refractivity contribution in [2.24, 2.45) is 0 Å². The number of sulfonamides is 1. The molecule has 1 heterocycles. The van der Waals surface area contributed by atoms with E-state index in [0.29, 0.717) is 0 Å². The molecule has 1 fully saturated rings. The summed E-state index contributed by atoms with van der Waals surface area (Å²) in [5, 5.41) is 0.261. The van der Waals surface area contributed by atoms with Crippen LogP contribution in [0.4, 0.5) is 0 Å². The summed E-state index contributed by atoms with van der Waals surface area (Å²) in [6.45, 7) is 0. The van der Waals surface area contributed by atoms with Gasteiger partial charge < -0.3 is 0 Å². The Morgan fingerprint density at radius 3 is 2.50 bits per heavy atom. The molecule has 0 aromatic carbocycles. The van der Waals surface area contributed by atoms with Crippen LogP contribution in [0.15, 0.2) is 17.2 Å². The van der Waals surface area contributed by atoms with Crippen LogP contribution >= 0.6 is 23.2 Å². The molecule has 0 atom stereocenters. The van der Waals surface area contributed by atoms with Crippen molar-refractivity contribution >= 4 is 33.2 Å². The van der Waals surface area contributed by atoms with Crippen LogP contribution in [0, 0.1) is 0 Å². The second kappa shape index (κ2) is 5.33. The van der Waals surface area contributed by atoms with Gasteiger partial charge in [0, 0.05) is 19.3 Å². The normalized spacial score (nSPS) is 17.6. The Labute approximate surface area is 117 Å². The number of rotatable bonds is 3. The monoisotopic (exact) mass is 308 g/mol. The summed E-state index contributed by atoms with van der Waals surface area (Å²) in [4.78, 5) is 3.87. The lowest BCUT2D eigenvalue weighted by molar-refractivity contribution is 0.373. The van der Waals surface area contributed by atoms with Gasteiger partial charge in [-0.3, -0.25) is 0 Å². The molecule has 0 saturated heterocycles. The standard InChI is InChI=1S/C11H14Cl2N2O2S/c1-15(8-4-2-3-5-8)18(16,17)9-6-10(12)11(13)14-7-9/h6-8H,2-5H2,1H3. The minimum absolute atomic E-state index is 0.0736. The highest BCUT2D eigenvalue weighted by molar-refractivity contribution is 7.89. The summed E-state index contributed by atoms with van der Waals surface area (Å²) in [5.41, 5.74) is 0. The third-order valence-corrected chi connectivity index (χ3v) is 5.85. The molecule has 0 radical (unpaired) electrons. The summed E-state index contributed by atoms with van der Waals surface area (Å²) in [6, 6.07) is 1.42. The summed E-state index contributed by atoms with van der Waals surface area (Å²) in [6.07, 6.45) is 5.21. The van der Waals surface area contributed by atoms with Crippen molar-refractivity contribution in [2.45, 2.75) is 36.6 Å². The van der Waals surface area contributed by atoms with Crippen LogP contribution in [0.25, 0.3) is 0 Å². The second-order valence-corrected chi connectivity index (χ2v) is 7.17. The molecule has 18 heavy (non-hydrogen) atoms. The zero-order valence-corrected chi connectivity index (χ0v) is 12.3. The van der Waals surface area contributed by atoms with Crippen molar-refractivity contribution in [1.29, 1.82) is 0 Å². The molecule has 1 aliphatic rings. The van der Waals surface area contributed by atoms with Gasteiger partial charge in [0.15, 0.2) is 0 Å². The fourth-order valence-corrected chi connectivity index (χ4v) is 3.90. The Morgan fingerprint density at radius 2 is 1.94 bits per heavy atom. The maximum atomic E-state index is 12.4. The first-order chi connectivity index (χ1) is 8.43. The molecule has 1 aromatic heterocycles. The summed E-state index contributed by atoms with van der Waals surface area (Å²) in [5.74, 6) is 0. The molecular weight excluding hydrogens is 295 g/mol. The Morgan fingerprint density at radius 1 is 1.33 bits per heavy atom. The van der Waals surface area contributed by atoms with Crippen molar-refractivity contribution in [3.8, 4) is 0 Å². The average molecular weight is 309 g/mol. The van der Waals surface area contributed by atoms with Crippen molar-refractivity contribution in [2.75, 3.05) is 7.05 Å². The van der Waals surface area contributed by atoms with E-state index in [2.05, 4.69) is 4.98 Å². The molecular formula is C11H14Cl2N2O2S. The first-order valence-corrected chi connectivity index (χ1v) is 7.91. The van der Waals surface area contributed by atoms with Gasteiger partial charge in [-0.25, -0.2) is 13.4 Å². The first-order valence-electron chi connectivity index (χ1n) is 5.72. The Bertz CT molecular complexity index is 542. The predicted octanol–water partition coefficient (Wildman–Crippen LogP) is 2.95. The van der Waals surface area contributed by atoms with E-state index < -0.39 is 10.0 Å². The van der Waals surface area contributed by atoms with E-state index in [-0.39, 0.29) is 21.1 Å². The SMILES string of the molecule is CN(C1CCCC1)S(=O)(=O)c1cnc(Cl)c(Cl)c1. The predicted molar refractivity (Wildman–Crippen MR) is 71.5 cm³/mol. The molecule has 2 rings (SSSR count). The molecule has 7 heteroatoms. The molecule has 4 nitrogen and oxygen atoms in total. The number of hydrogen-bond donors (Lipinski definition) is 0. The zero-order chi connectivity index (χ0) is 13.3. The van der Waals surface area contributed by atoms with Gasteiger partial charge in [-0.1, -0.05) is 36.0 Å². The lowest BCUT2D eigenvalue weighted by Gasteiger charge is -2.23. The average Bonchev–Trinajstić information content (AvgIpc) is 2.85. The van der Waals surface area contributed by atoms with Crippen molar-refractivity contribution < 1.29 is 8.42 Å². The first kappa shape index (κ1) is 14.1. The quantitative estimate of drug-likeness (QED) is 0.807. The minimum Gasteiger partial charge on any atom is -0.242 e. The molecule has 0 N–H and O–H groups in total. The van der Waals surface area contributed by atoms with E-state index in [1.165, 1.54) is 16.6 Å². The van der Waals surface area contributed by atoms with Gasteiger partial charge in [0.1, 0.15) is 10.0 Å². The maximum Gasteiger partial charge on any atom is 0.244 e. The highest BCUT2D eigenvalue weighted by Crippen LogP contribution is 2.29. The fourth-order valence-electron chi connectivity index (χ4n) is 2.18. The topological polar surface area (TPSA) is 50.3 Å². The molecule has 0 bridgehead atoms. The lowest BCUT2D eigenvalue weighted by Crippen LogP contribution is -2.35. The largest absolute Gasteiger partial charge is 0.244 e. The van der Waals surface area contributed by atoms with Crippen LogP contribution in [0.3, 0.4) is 0 Å². The third-order valence-electron chi connectivity index (χ3n) is 3.29. The van der Waals surface area contributed by atoms with Crippen molar-refractivity contribution in [3.63, 3.8) is 0 Å². The molecule has 1 saturated carbocycles. The van der Waals surface area contributed by atoms with Crippen LogP contribution in [0.1, 0.15) is 25.7 Å².